The summed E-state index contributed by atoms with van der Waals surface area (Å²) in [6.45, 7) is 5.36. The van der Waals surface area contributed by atoms with E-state index in [4.69, 9.17) is 23.9 Å². The molecular formula is C42H77BN6O9. The van der Waals surface area contributed by atoms with Crippen LogP contribution in [0.15, 0.2) is 12.3 Å². The van der Waals surface area contributed by atoms with Crippen molar-refractivity contribution >= 4 is 43.6 Å². The van der Waals surface area contributed by atoms with Crippen LogP contribution in [0.4, 0.5) is 0 Å². The first kappa shape index (κ1) is 54.3. The van der Waals surface area contributed by atoms with Crippen LogP contribution < -0.4 is 32.2 Å². The fourth-order valence-corrected chi connectivity index (χ4v) is 6.52. The highest BCUT2D eigenvalue weighted by molar-refractivity contribution is 6.06. The molecule has 2 radical (unpaired) electrons. The Morgan fingerprint density at radius 3 is 1.40 bits per heavy atom. The summed E-state index contributed by atoms with van der Waals surface area (Å²) in [4.78, 5) is 69.9. The lowest BCUT2D eigenvalue weighted by molar-refractivity contribution is -0.140. The number of hydrogen-bond donors (Lipinski definition) is 9. The van der Waals surface area contributed by atoms with Crippen LogP contribution in [-0.2, 0) is 28.8 Å². The number of rotatable bonds is 42. The highest BCUT2D eigenvalue weighted by Crippen LogP contribution is 2.15. The molecule has 3 atom stereocenters. The summed E-state index contributed by atoms with van der Waals surface area (Å²) in [5, 5.41) is 41.0. The molecule has 58 heavy (non-hydrogen) atoms. The van der Waals surface area contributed by atoms with E-state index in [2.05, 4.69) is 33.1 Å². The highest BCUT2D eigenvalue weighted by Gasteiger charge is 2.19. The van der Waals surface area contributed by atoms with Crippen molar-refractivity contribution < 1.29 is 44.1 Å². The summed E-state index contributed by atoms with van der Waals surface area (Å²) in [5.41, 5.74) is 6.70. The number of amides is 3. The molecule has 3 amide bonds. The Bertz CT molecular complexity index is 1160. The molecule has 15 nitrogen and oxygen atoms in total. The van der Waals surface area contributed by atoms with E-state index in [1.165, 1.54) is 51.4 Å². The average Bonchev–Trinajstić information content (AvgIpc) is 3.18. The number of aliphatic carboxylic acids is 3. The van der Waals surface area contributed by atoms with Gasteiger partial charge in [0.1, 0.15) is 6.04 Å². The van der Waals surface area contributed by atoms with Gasteiger partial charge in [-0.2, -0.15) is 0 Å². The van der Waals surface area contributed by atoms with E-state index >= 15 is 0 Å². The number of carboxylic acids is 3. The van der Waals surface area contributed by atoms with Crippen LogP contribution in [0.5, 0.6) is 0 Å². The summed E-state index contributed by atoms with van der Waals surface area (Å²) in [6, 6.07) is -2.33. The molecule has 0 aromatic rings. The van der Waals surface area contributed by atoms with Gasteiger partial charge in [0, 0.05) is 44.6 Å². The van der Waals surface area contributed by atoms with Crippen molar-refractivity contribution in [3.05, 3.63) is 12.3 Å². The van der Waals surface area contributed by atoms with Gasteiger partial charge in [-0.1, -0.05) is 90.0 Å². The minimum absolute atomic E-state index is 0.0596. The molecule has 0 aromatic heterocycles. The normalized spacial score (nSPS) is 12.6. The van der Waals surface area contributed by atoms with Gasteiger partial charge < -0.3 is 47.5 Å². The van der Waals surface area contributed by atoms with Crippen LogP contribution in [0.2, 0.25) is 0 Å². The molecule has 0 fully saturated rings. The average molecular weight is 821 g/mol. The van der Waals surface area contributed by atoms with Crippen LogP contribution in [0, 0.1) is 0 Å². The number of unbranched alkanes of at least 4 members (excludes halogenated alkanes) is 17. The third kappa shape index (κ3) is 34.4. The Labute approximate surface area is 349 Å². The van der Waals surface area contributed by atoms with Crippen molar-refractivity contribution in [1.82, 2.24) is 26.5 Å². The van der Waals surface area contributed by atoms with Crippen molar-refractivity contribution in [3.8, 4) is 0 Å². The van der Waals surface area contributed by atoms with Gasteiger partial charge in [-0.15, -0.1) is 0 Å². The first-order valence-corrected chi connectivity index (χ1v) is 22.0. The number of carboxylic acid groups (broad SMARTS) is 3. The molecule has 2 unspecified atom stereocenters. The van der Waals surface area contributed by atoms with Gasteiger partial charge in [0.2, 0.25) is 17.7 Å². The van der Waals surface area contributed by atoms with Gasteiger partial charge in [0.25, 0.3) is 0 Å². The molecule has 0 saturated carbocycles. The summed E-state index contributed by atoms with van der Waals surface area (Å²) >= 11 is 0. The molecule has 0 heterocycles. The van der Waals surface area contributed by atoms with Crippen LogP contribution in [0.1, 0.15) is 180 Å². The molecule has 0 bridgehead atoms. The lowest BCUT2D eigenvalue weighted by atomic mass is 10.0. The monoisotopic (exact) mass is 821 g/mol. The van der Waals surface area contributed by atoms with Crippen molar-refractivity contribution in [2.24, 2.45) is 5.73 Å². The second-order valence-electron chi connectivity index (χ2n) is 15.5. The standard InChI is InChI=1S/C42H77BN6O9/c1-33(23-15-12-10-8-6-4-2-3-5-7-9-11-13-17-27-39(52)53)48-35(41(55)56)28-29-38(51)46-30-21-18-24-34(44)40(54)47-32-20-14-16-26-37(50)45-31-22-19-25-36(49-43)42(57)58/h34-36,48-49H,1-32,44H2,(H,45,50)(H,46,51)(H,47,54)(H,52,53)(H,55,56)(H,57,58)/t34?,35-,36?/m0/s1. The number of carbonyl (C=O) groups is 6. The van der Waals surface area contributed by atoms with E-state index < -0.39 is 36.0 Å². The Morgan fingerprint density at radius 2 is 0.897 bits per heavy atom. The molecule has 0 aliphatic heterocycles. The lowest BCUT2D eigenvalue weighted by Crippen LogP contribution is -2.41. The van der Waals surface area contributed by atoms with Crippen LogP contribution >= 0.6 is 0 Å². The van der Waals surface area contributed by atoms with Crippen molar-refractivity contribution in [1.29, 1.82) is 0 Å². The van der Waals surface area contributed by atoms with E-state index in [9.17, 15) is 33.9 Å². The third-order valence-electron chi connectivity index (χ3n) is 10.2. The van der Waals surface area contributed by atoms with E-state index in [0.29, 0.717) is 83.1 Å². The Hall–Kier alpha value is -3.66. The fourth-order valence-electron chi connectivity index (χ4n) is 6.52. The van der Waals surface area contributed by atoms with Gasteiger partial charge in [0.15, 0.2) is 7.98 Å². The number of carbonyl (C=O) groups excluding carboxylic acids is 3. The van der Waals surface area contributed by atoms with Crippen molar-refractivity contribution in [2.45, 2.75) is 198 Å². The van der Waals surface area contributed by atoms with E-state index in [0.717, 1.165) is 51.4 Å². The number of hydrogen-bond acceptors (Lipinski definition) is 9. The van der Waals surface area contributed by atoms with Crippen LogP contribution in [-0.4, -0.2) is 96.7 Å². The number of allylic oxidation sites excluding steroid dienone is 1. The molecule has 0 spiro atoms. The number of nitrogens with one attached hydrogen (secondary N) is 5. The first-order chi connectivity index (χ1) is 27.9. The maximum Gasteiger partial charge on any atom is 0.326 e. The minimum Gasteiger partial charge on any atom is -0.481 e. The smallest absolute Gasteiger partial charge is 0.326 e. The van der Waals surface area contributed by atoms with Crippen LogP contribution in [0.25, 0.3) is 0 Å². The second-order valence-corrected chi connectivity index (χ2v) is 15.5. The largest absolute Gasteiger partial charge is 0.481 e. The fraction of sp³-hybridized carbons (Fsp3) is 0.810. The van der Waals surface area contributed by atoms with Gasteiger partial charge >= 0.3 is 17.9 Å². The highest BCUT2D eigenvalue weighted by atomic mass is 16.4. The Kier molecular flexibility index (Phi) is 35.2. The molecule has 10 N–H and O–H groups in total. The Morgan fingerprint density at radius 1 is 0.483 bits per heavy atom. The first-order valence-electron chi connectivity index (χ1n) is 22.0. The molecule has 0 saturated heterocycles. The molecule has 0 rings (SSSR count). The third-order valence-corrected chi connectivity index (χ3v) is 10.2. The summed E-state index contributed by atoms with van der Waals surface area (Å²) in [5.74, 6) is -3.24. The summed E-state index contributed by atoms with van der Waals surface area (Å²) < 4.78 is 0. The molecule has 0 aromatic carbocycles. The topological polar surface area (TPSA) is 249 Å². The molecule has 16 heteroatoms. The minimum atomic E-state index is -1.01. The van der Waals surface area contributed by atoms with Gasteiger partial charge in [-0.3, -0.25) is 24.0 Å². The molecule has 0 aliphatic carbocycles. The quantitative estimate of drug-likeness (QED) is 0.0279. The summed E-state index contributed by atoms with van der Waals surface area (Å²) in [6.07, 6.45) is 23.2. The van der Waals surface area contributed by atoms with E-state index in [-0.39, 0.29) is 37.0 Å². The van der Waals surface area contributed by atoms with E-state index in [1.54, 1.807) is 0 Å². The molecule has 0 aliphatic rings. The lowest BCUT2D eigenvalue weighted by Gasteiger charge is -2.17. The molecule has 332 valence electrons. The maximum absolute atomic E-state index is 12.4. The van der Waals surface area contributed by atoms with Crippen molar-refractivity contribution in [3.63, 3.8) is 0 Å². The van der Waals surface area contributed by atoms with Gasteiger partial charge in [-0.25, -0.2) is 4.79 Å². The zero-order chi connectivity index (χ0) is 43.2. The number of nitrogens with two attached hydrogens (primary N) is 1. The SMILES string of the molecule is [B]NC(CCCCNC(=O)CCCCCNC(=O)C(N)CCCCNC(=O)CC[C@H](NC(=C)CCCCCCCCCCCCCCCCC(=O)O)C(=O)O)C(=O)O. The zero-order valence-corrected chi connectivity index (χ0v) is 35.3. The predicted octanol–water partition coefficient (Wildman–Crippen LogP) is 5.35. The zero-order valence-electron chi connectivity index (χ0n) is 35.3. The Balaban J connectivity index is 3.81. The maximum atomic E-state index is 12.4. The van der Waals surface area contributed by atoms with Gasteiger partial charge in [0.05, 0.1) is 12.1 Å². The second kappa shape index (κ2) is 37.6. The van der Waals surface area contributed by atoms with Gasteiger partial charge in [-0.05, 0) is 77.0 Å². The summed E-state index contributed by atoms with van der Waals surface area (Å²) in [7, 11) is 5.20. The van der Waals surface area contributed by atoms with Crippen molar-refractivity contribution in [2.75, 3.05) is 19.6 Å². The molecular weight excluding hydrogens is 743 g/mol. The predicted molar refractivity (Wildman–Crippen MR) is 228 cm³/mol. The van der Waals surface area contributed by atoms with E-state index in [1.807, 2.05) is 0 Å². The van der Waals surface area contributed by atoms with Crippen LogP contribution in [0.3, 0.4) is 0 Å².